The minimum Gasteiger partial charge on any atom is -0.496 e. The lowest BCUT2D eigenvalue weighted by Gasteiger charge is -2.16. The number of hydrogen-bond donors (Lipinski definition) is 1. The van der Waals surface area contributed by atoms with Crippen LogP contribution in [-0.2, 0) is 28.9 Å². The maximum absolute atomic E-state index is 13.2. The van der Waals surface area contributed by atoms with Crippen molar-refractivity contribution >= 4 is 5.91 Å². The van der Waals surface area contributed by atoms with Gasteiger partial charge in [-0.1, -0.05) is 54.6 Å². The fourth-order valence-electron chi connectivity index (χ4n) is 3.13. The molecule has 0 saturated carbocycles. The lowest BCUT2D eigenvalue weighted by Crippen LogP contribution is -2.27. The summed E-state index contributed by atoms with van der Waals surface area (Å²) in [5.74, 6) is 0.111. The number of para-hydroxylation sites is 1. The van der Waals surface area contributed by atoms with Crippen LogP contribution in [0.2, 0.25) is 0 Å². The summed E-state index contributed by atoms with van der Waals surface area (Å²) < 4.78 is 50.5. The van der Waals surface area contributed by atoms with E-state index in [0.717, 1.165) is 17.7 Å². The number of amides is 1. The van der Waals surface area contributed by atoms with Gasteiger partial charge in [-0.3, -0.25) is 4.79 Å². The molecule has 0 heterocycles. The molecule has 0 aliphatic carbocycles. The molecule has 0 unspecified atom stereocenters. The van der Waals surface area contributed by atoms with Crippen molar-refractivity contribution in [2.24, 2.45) is 0 Å². The quantitative estimate of drug-likeness (QED) is 0.535. The largest absolute Gasteiger partial charge is 0.496 e. The van der Waals surface area contributed by atoms with Crippen LogP contribution in [-0.4, -0.2) is 19.6 Å². The van der Waals surface area contributed by atoms with Gasteiger partial charge in [-0.25, -0.2) is 0 Å². The molecular formula is C24H22F3NO3. The van der Waals surface area contributed by atoms with E-state index in [1.165, 1.54) is 13.2 Å². The first kappa shape index (κ1) is 22.4. The Hall–Kier alpha value is -3.32. The smallest absolute Gasteiger partial charge is 0.416 e. The highest BCUT2D eigenvalue weighted by Crippen LogP contribution is 2.36. The molecule has 3 rings (SSSR count). The minimum atomic E-state index is -4.49. The topological polar surface area (TPSA) is 47.6 Å². The predicted octanol–water partition coefficient (Wildman–Crippen LogP) is 5.21. The molecule has 0 spiro atoms. The number of nitrogens with one attached hydrogen (secondary N) is 1. The normalized spacial score (nSPS) is 11.2. The second kappa shape index (κ2) is 10.1. The molecular weight excluding hydrogens is 407 g/mol. The molecule has 0 aromatic heterocycles. The third-order valence-electron chi connectivity index (χ3n) is 4.65. The summed E-state index contributed by atoms with van der Waals surface area (Å²) >= 11 is 0. The van der Waals surface area contributed by atoms with Crippen LogP contribution in [0.3, 0.4) is 0 Å². The van der Waals surface area contributed by atoms with Crippen molar-refractivity contribution in [2.45, 2.75) is 19.3 Å². The van der Waals surface area contributed by atoms with E-state index < -0.39 is 17.6 Å². The molecule has 0 bridgehead atoms. The van der Waals surface area contributed by atoms with Gasteiger partial charge in [0.2, 0.25) is 5.91 Å². The summed E-state index contributed by atoms with van der Waals surface area (Å²) in [5, 5.41) is 2.64. The fraction of sp³-hybridized carbons (Fsp3) is 0.208. The SMILES string of the molecule is COc1ccccc1-c1ccc(C(F)(F)F)cc1CNC(=O)COCc1ccccc1. The fourth-order valence-corrected chi connectivity index (χ4v) is 3.13. The molecule has 3 aromatic carbocycles. The van der Waals surface area contributed by atoms with Crippen molar-refractivity contribution in [1.82, 2.24) is 5.32 Å². The van der Waals surface area contributed by atoms with E-state index in [0.29, 0.717) is 22.4 Å². The van der Waals surface area contributed by atoms with Gasteiger partial charge >= 0.3 is 6.18 Å². The Labute approximate surface area is 178 Å². The summed E-state index contributed by atoms with van der Waals surface area (Å²) in [7, 11) is 1.49. The number of carbonyl (C=O) groups excluding carboxylic acids is 1. The number of ether oxygens (including phenoxy) is 2. The molecule has 1 amide bonds. The second-order valence-electron chi connectivity index (χ2n) is 6.83. The highest BCUT2D eigenvalue weighted by Gasteiger charge is 2.31. The first-order valence-corrected chi connectivity index (χ1v) is 9.60. The van der Waals surface area contributed by atoms with Crippen LogP contribution in [0, 0.1) is 0 Å². The number of halogens is 3. The van der Waals surface area contributed by atoms with E-state index in [9.17, 15) is 18.0 Å². The van der Waals surface area contributed by atoms with Gasteiger partial charge in [0.05, 0.1) is 19.3 Å². The van der Waals surface area contributed by atoms with E-state index in [4.69, 9.17) is 9.47 Å². The van der Waals surface area contributed by atoms with Gasteiger partial charge in [0.25, 0.3) is 0 Å². The maximum atomic E-state index is 13.2. The molecule has 0 saturated heterocycles. The monoisotopic (exact) mass is 429 g/mol. The average Bonchev–Trinajstić information content (AvgIpc) is 2.77. The molecule has 1 N–H and O–H groups in total. The standard InChI is InChI=1S/C24H22F3NO3/c1-30-22-10-6-5-9-21(22)20-12-11-19(24(25,26)27)13-18(20)14-28-23(29)16-31-15-17-7-3-2-4-8-17/h2-13H,14-16H2,1H3,(H,28,29). The highest BCUT2D eigenvalue weighted by molar-refractivity contribution is 5.78. The lowest BCUT2D eigenvalue weighted by molar-refractivity contribution is -0.137. The molecule has 0 atom stereocenters. The van der Waals surface area contributed by atoms with E-state index in [-0.39, 0.29) is 19.8 Å². The summed E-state index contributed by atoms with van der Waals surface area (Å²) in [4.78, 5) is 12.2. The number of benzene rings is 3. The number of methoxy groups -OCH3 is 1. The Morgan fingerprint density at radius 1 is 0.935 bits per heavy atom. The van der Waals surface area contributed by atoms with Crippen molar-refractivity contribution in [3.8, 4) is 16.9 Å². The summed E-state index contributed by atoms with van der Waals surface area (Å²) in [6.07, 6.45) is -4.49. The Morgan fingerprint density at radius 3 is 2.35 bits per heavy atom. The lowest BCUT2D eigenvalue weighted by atomic mass is 9.96. The highest BCUT2D eigenvalue weighted by atomic mass is 19.4. The second-order valence-corrected chi connectivity index (χ2v) is 6.83. The van der Waals surface area contributed by atoms with Crippen molar-refractivity contribution in [3.05, 3.63) is 89.5 Å². The number of carbonyl (C=O) groups is 1. The molecule has 0 aliphatic heterocycles. The molecule has 31 heavy (non-hydrogen) atoms. The van der Waals surface area contributed by atoms with E-state index in [1.54, 1.807) is 24.3 Å². The molecule has 4 nitrogen and oxygen atoms in total. The van der Waals surface area contributed by atoms with Gasteiger partial charge in [-0.2, -0.15) is 13.2 Å². The summed E-state index contributed by atoms with van der Waals surface area (Å²) in [5.41, 5.74) is 1.66. The van der Waals surface area contributed by atoms with E-state index >= 15 is 0 Å². The Bertz CT molecular complexity index is 1020. The van der Waals surface area contributed by atoms with E-state index in [1.807, 2.05) is 30.3 Å². The van der Waals surface area contributed by atoms with Crippen LogP contribution < -0.4 is 10.1 Å². The number of hydrogen-bond acceptors (Lipinski definition) is 3. The third kappa shape index (κ3) is 6.08. The van der Waals surface area contributed by atoms with Gasteiger partial charge in [0.1, 0.15) is 12.4 Å². The third-order valence-corrected chi connectivity index (χ3v) is 4.65. The summed E-state index contributed by atoms with van der Waals surface area (Å²) in [6, 6.07) is 19.9. The van der Waals surface area contributed by atoms with E-state index in [2.05, 4.69) is 5.32 Å². The van der Waals surface area contributed by atoms with Crippen LogP contribution in [0.4, 0.5) is 13.2 Å². The van der Waals surface area contributed by atoms with Crippen LogP contribution in [0.25, 0.3) is 11.1 Å². The first-order chi connectivity index (χ1) is 14.9. The Morgan fingerprint density at radius 2 is 1.65 bits per heavy atom. The van der Waals surface area contributed by atoms with Crippen molar-refractivity contribution in [2.75, 3.05) is 13.7 Å². The van der Waals surface area contributed by atoms with Gasteiger partial charge in [0.15, 0.2) is 0 Å². The zero-order valence-electron chi connectivity index (χ0n) is 16.9. The van der Waals surface area contributed by atoms with Gasteiger partial charge in [0, 0.05) is 12.1 Å². The number of rotatable bonds is 8. The van der Waals surface area contributed by atoms with Crippen LogP contribution in [0.15, 0.2) is 72.8 Å². The van der Waals surface area contributed by atoms with Crippen LogP contribution in [0.5, 0.6) is 5.75 Å². The minimum absolute atomic E-state index is 0.0785. The summed E-state index contributed by atoms with van der Waals surface area (Å²) in [6.45, 7) is -0.00698. The Balaban J connectivity index is 1.74. The molecule has 0 fully saturated rings. The zero-order valence-corrected chi connectivity index (χ0v) is 16.9. The molecule has 3 aromatic rings. The molecule has 7 heteroatoms. The molecule has 0 aliphatic rings. The van der Waals surface area contributed by atoms with Crippen LogP contribution in [0.1, 0.15) is 16.7 Å². The first-order valence-electron chi connectivity index (χ1n) is 9.60. The molecule has 0 radical (unpaired) electrons. The maximum Gasteiger partial charge on any atom is 0.416 e. The van der Waals surface area contributed by atoms with Crippen molar-refractivity contribution in [1.29, 1.82) is 0 Å². The van der Waals surface area contributed by atoms with Gasteiger partial charge in [-0.05, 0) is 34.9 Å². The van der Waals surface area contributed by atoms with Crippen LogP contribution >= 0.6 is 0 Å². The molecule has 162 valence electrons. The average molecular weight is 429 g/mol. The van der Waals surface area contributed by atoms with Gasteiger partial charge in [-0.15, -0.1) is 0 Å². The van der Waals surface area contributed by atoms with Gasteiger partial charge < -0.3 is 14.8 Å². The predicted molar refractivity (Wildman–Crippen MR) is 111 cm³/mol. The van der Waals surface area contributed by atoms with Crippen molar-refractivity contribution in [3.63, 3.8) is 0 Å². The Kier molecular flexibility index (Phi) is 7.31. The number of alkyl halides is 3. The zero-order chi connectivity index (χ0) is 22.3. The van der Waals surface area contributed by atoms with Crippen molar-refractivity contribution < 1.29 is 27.4 Å².